The maximum Gasteiger partial charge on any atom is 0.363 e. The average Bonchev–Trinajstić information content (AvgIpc) is 3.20. The minimum atomic E-state index is -0.545. The number of cyclic esters (lactones) is 1. The standard InChI is InChI=1S/C20H14FN3O2/c1-13-15(12-24(23-13)17-5-3-2-4-6-17)11-18-20(25)26-19(22-18)14-7-9-16(21)10-8-14/h2-12H,1H3/b18-11-. The zero-order chi connectivity index (χ0) is 18.1. The fourth-order valence-corrected chi connectivity index (χ4v) is 2.60. The molecule has 0 bridgehead atoms. The van der Waals surface area contributed by atoms with E-state index in [1.54, 1.807) is 10.8 Å². The van der Waals surface area contributed by atoms with Crippen LogP contribution in [0.15, 0.2) is 71.5 Å². The number of para-hydroxylation sites is 1. The van der Waals surface area contributed by atoms with Crippen LogP contribution in [-0.4, -0.2) is 21.6 Å². The second kappa shape index (κ2) is 6.40. The van der Waals surface area contributed by atoms with Crippen molar-refractivity contribution >= 4 is 17.9 Å². The molecule has 2 aromatic carbocycles. The second-order valence-electron chi connectivity index (χ2n) is 5.79. The van der Waals surface area contributed by atoms with E-state index in [2.05, 4.69) is 10.1 Å². The summed E-state index contributed by atoms with van der Waals surface area (Å²) in [5, 5.41) is 4.46. The minimum Gasteiger partial charge on any atom is -0.402 e. The van der Waals surface area contributed by atoms with Gasteiger partial charge in [-0.15, -0.1) is 0 Å². The number of aromatic nitrogens is 2. The summed E-state index contributed by atoms with van der Waals surface area (Å²) in [5.74, 6) is -0.746. The van der Waals surface area contributed by atoms with E-state index in [1.807, 2.05) is 43.5 Å². The van der Waals surface area contributed by atoms with Crippen molar-refractivity contribution in [1.29, 1.82) is 0 Å². The molecule has 1 aliphatic heterocycles. The first kappa shape index (κ1) is 16.0. The Morgan fingerprint density at radius 3 is 2.54 bits per heavy atom. The van der Waals surface area contributed by atoms with E-state index >= 15 is 0 Å². The zero-order valence-corrected chi connectivity index (χ0v) is 13.9. The summed E-state index contributed by atoms with van der Waals surface area (Å²) in [6.07, 6.45) is 3.47. The Hall–Kier alpha value is -3.54. The lowest BCUT2D eigenvalue weighted by atomic mass is 10.2. The van der Waals surface area contributed by atoms with Crippen molar-refractivity contribution in [1.82, 2.24) is 9.78 Å². The van der Waals surface area contributed by atoms with Gasteiger partial charge in [0.05, 0.1) is 11.4 Å². The van der Waals surface area contributed by atoms with E-state index in [-0.39, 0.29) is 17.4 Å². The van der Waals surface area contributed by atoms with E-state index in [4.69, 9.17) is 4.74 Å². The number of hydrogen-bond acceptors (Lipinski definition) is 4. The summed E-state index contributed by atoms with van der Waals surface area (Å²) in [4.78, 5) is 16.3. The van der Waals surface area contributed by atoms with Crippen molar-refractivity contribution in [2.75, 3.05) is 0 Å². The van der Waals surface area contributed by atoms with Gasteiger partial charge in [0.15, 0.2) is 5.70 Å². The summed E-state index contributed by atoms with van der Waals surface area (Å²) in [6.45, 7) is 1.86. The van der Waals surface area contributed by atoms with Crippen molar-refractivity contribution in [2.24, 2.45) is 4.99 Å². The first-order chi connectivity index (χ1) is 12.6. The van der Waals surface area contributed by atoms with Crippen molar-refractivity contribution in [3.05, 3.63) is 89.1 Å². The van der Waals surface area contributed by atoms with Crippen molar-refractivity contribution < 1.29 is 13.9 Å². The van der Waals surface area contributed by atoms with E-state index in [0.29, 0.717) is 5.56 Å². The highest BCUT2D eigenvalue weighted by Crippen LogP contribution is 2.21. The predicted octanol–water partition coefficient (Wildman–Crippen LogP) is 3.66. The van der Waals surface area contributed by atoms with Crippen molar-refractivity contribution in [2.45, 2.75) is 6.92 Å². The van der Waals surface area contributed by atoms with Crippen molar-refractivity contribution in [3.63, 3.8) is 0 Å². The van der Waals surface area contributed by atoms with E-state index in [0.717, 1.165) is 16.9 Å². The molecule has 0 N–H and O–H groups in total. The fraction of sp³-hybridized carbons (Fsp3) is 0.0500. The molecule has 128 valence electrons. The normalized spacial score (nSPS) is 15.2. The van der Waals surface area contributed by atoms with Crippen LogP contribution in [0.1, 0.15) is 16.8 Å². The van der Waals surface area contributed by atoms with Gasteiger partial charge in [0.2, 0.25) is 5.90 Å². The van der Waals surface area contributed by atoms with Gasteiger partial charge in [-0.3, -0.25) is 0 Å². The van der Waals surface area contributed by atoms with Gasteiger partial charge in [0, 0.05) is 17.3 Å². The second-order valence-corrected chi connectivity index (χ2v) is 5.79. The third-order valence-corrected chi connectivity index (χ3v) is 3.96. The number of carbonyl (C=O) groups is 1. The fourth-order valence-electron chi connectivity index (χ4n) is 2.60. The molecule has 0 saturated carbocycles. The Balaban J connectivity index is 1.67. The van der Waals surface area contributed by atoms with E-state index in [9.17, 15) is 9.18 Å². The highest BCUT2D eigenvalue weighted by Gasteiger charge is 2.24. The van der Waals surface area contributed by atoms with E-state index in [1.165, 1.54) is 24.3 Å². The molecule has 0 fully saturated rings. The maximum atomic E-state index is 13.0. The molecule has 26 heavy (non-hydrogen) atoms. The van der Waals surface area contributed by atoms with Crippen molar-refractivity contribution in [3.8, 4) is 5.69 Å². The van der Waals surface area contributed by atoms with Gasteiger partial charge in [-0.2, -0.15) is 5.10 Å². The smallest absolute Gasteiger partial charge is 0.363 e. The molecule has 2 heterocycles. The Labute approximate surface area is 149 Å². The molecule has 0 amide bonds. The molecule has 6 heteroatoms. The number of aliphatic imine (C=N–C) groups is 1. The number of aryl methyl sites for hydroxylation is 1. The van der Waals surface area contributed by atoms with Crippen LogP contribution in [0.4, 0.5) is 4.39 Å². The largest absolute Gasteiger partial charge is 0.402 e. The lowest BCUT2D eigenvalue weighted by molar-refractivity contribution is -0.129. The highest BCUT2D eigenvalue weighted by atomic mass is 19.1. The van der Waals surface area contributed by atoms with Gasteiger partial charge in [-0.1, -0.05) is 18.2 Å². The monoisotopic (exact) mass is 347 g/mol. The molecule has 5 nitrogen and oxygen atoms in total. The third kappa shape index (κ3) is 3.04. The van der Waals surface area contributed by atoms with Crippen LogP contribution in [0, 0.1) is 12.7 Å². The summed E-state index contributed by atoms with van der Waals surface area (Å²) >= 11 is 0. The van der Waals surface area contributed by atoms with Gasteiger partial charge in [0.25, 0.3) is 0 Å². The van der Waals surface area contributed by atoms with Crippen LogP contribution in [0.3, 0.4) is 0 Å². The first-order valence-corrected chi connectivity index (χ1v) is 8.00. The van der Waals surface area contributed by atoms with Gasteiger partial charge in [0.1, 0.15) is 5.82 Å². The SMILES string of the molecule is Cc1nn(-c2ccccc2)cc1/C=C1\N=C(c2ccc(F)cc2)OC1=O. The molecular formula is C20H14FN3O2. The highest BCUT2D eigenvalue weighted by molar-refractivity contribution is 6.12. The molecule has 3 aromatic rings. The number of nitrogens with zero attached hydrogens (tertiary/aromatic N) is 3. The minimum absolute atomic E-state index is 0.161. The lowest BCUT2D eigenvalue weighted by Crippen LogP contribution is -2.05. The van der Waals surface area contributed by atoms with Crippen LogP contribution < -0.4 is 0 Å². The Bertz CT molecular complexity index is 1030. The van der Waals surface area contributed by atoms with E-state index < -0.39 is 5.97 Å². The predicted molar refractivity (Wildman–Crippen MR) is 95.3 cm³/mol. The number of carbonyl (C=O) groups excluding carboxylic acids is 1. The topological polar surface area (TPSA) is 56.5 Å². The Morgan fingerprint density at radius 2 is 1.81 bits per heavy atom. The summed E-state index contributed by atoms with van der Waals surface area (Å²) in [6, 6.07) is 15.3. The van der Waals surface area contributed by atoms with Crippen LogP contribution in [-0.2, 0) is 9.53 Å². The summed E-state index contributed by atoms with van der Waals surface area (Å²) in [7, 11) is 0. The van der Waals surface area contributed by atoms with Crippen LogP contribution in [0.25, 0.3) is 11.8 Å². The van der Waals surface area contributed by atoms with Gasteiger partial charge >= 0.3 is 5.97 Å². The van der Waals surface area contributed by atoms with Gasteiger partial charge < -0.3 is 4.74 Å². The molecule has 0 radical (unpaired) electrons. The molecule has 0 unspecified atom stereocenters. The molecule has 1 aliphatic rings. The number of esters is 1. The quantitative estimate of drug-likeness (QED) is 0.537. The number of halogens is 1. The van der Waals surface area contributed by atoms with Crippen LogP contribution in [0.2, 0.25) is 0 Å². The summed E-state index contributed by atoms with van der Waals surface area (Å²) in [5.41, 5.74) is 3.18. The lowest BCUT2D eigenvalue weighted by Gasteiger charge is -1.98. The van der Waals surface area contributed by atoms with Crippen LogP contribution >= 0.6 is 0 Å². The van der Waals surface area contributed by atoms with Gasteiger partial charge in [-0.05, 0) is 49.4 Å². The molecule has 4 rings (SSSR count). The maximum absolute atomic E-state index is 13.0. The molecule has 0 atom stereocenters. The van der Waals surface area contributed by atoms with Gasteiger partial charge in [-0.25, -0.2) is 18.9 Å². The van der Waals surface area contributed by atoms with Crippen LogP contribution in [0.5, 0.6) is 0 Å². The number of hydrogen-bond donors (Lipinski definition) is 0. The Morgan fingerprint density at radius 1 is 1.08 bits per heavy atom. The number of ether oxygens (including phenoxy) is 1. The number of benzene rings is 2. The molecule has 1 aromatic heterocycles. The molecule has 0 saturated heterocycles. The Kier molecular flexibility index (Phi) is 3.93. The third-order valence-electron chi connectivity index (χ3n) is 3.96. The molecular weight excluding hydrogens is 333 g/mol. The first-order valence-electron chi connectivity index (χ1n) is 8.00. The molecule has 0 spiro atoms. The average molecular weight is 347 g/mol. The summed E-state index contributed by atoms with van der Waals surface area (Å²) < 4.78 is 20.0. The zero-order valence-electron chi connectivity index (χ0n) is 13.9. The number of rotatable bonds is 3. The molecule has 0 aliphatic carbocycles.